The zero-order chi connectivity index (χ0) is 13.2. The van der Waals surface area contributed by atoms with Crippen LogP contribution < -0.4 is 5.32 Å². The Labute approximate surface area is 122 Å². The fraction of sp³-hybridized carbons (Fsp3) is 0.312. The summed E-state index contributed by atoms with van der Waals surface area (Å²) in [6, 6.07) is 13.2. The van der Waals surface area contributed by atoms with Gasteiger partial charge in [0.1, 0.15) is 0 Å². The number of likely N-dealkylation sites (N-methyl/N-ethyl adjacent to an activating group) is 1. The normalized spacial score (nSPS) is 19.2. The molecule has 1 aromatic carbocycles. The van der Waals surface area contributed by atoms with Gasteiger partial charge >= 0.3 is 0 Å². The topological polar surface area (TPSA) is 24.9 Å². The average molecular weight is 317 g/mol. The van der Waals surface area contributed by atoms with Crippen LogP contribution in [-0.2, 0) is 6.42 Å². The van der Waals surface area contributed by atoms with E-state index in [0.717, 1.165) is 10.9 Å². The molecule has 2 nitrogen and oxygen atoms in total. The minimum Gasteiger partial charge on any atom is -0.312 e. The van der Waals surface area contributed by atoms with E-state index in [9.17, 15) is 0 Å². The average Bonchev–Trinajstić information content (AvgIpc) is 2.86. The fourth-order valence-electron chi connectivity index (χ4n) is 3.04. The number of hydrogen-bond acceptors (Lipinski definition) is 2. The molecule has 0 fully saturated rings. The van der Waals surface area contributed by atoms with Gasteiger partial charge in [0.15, 0.2) is 0 Å². The van der Waals surface area contributed by atoms with Crippen LogP contribution in [-0.4, -0.2) is 12.0 Å². The van der Waals surface area contributed by atoms with Gasteiger partial charge in [-0.1, -0.05) is 34.1 Å². The highest BCUT2D eigenvalue weighted by molar-refractivity contribution is 9.10. The van der Waals surface area contributed by atoms with Crippen molar-refractivity contribution in [2.24, 2.45) is 0 Å². The van der Waals surface area contributed by atoms with Gasteiger partial charge in [-0.15, -0.1) is 0 Å². The molecule has 0 bridgehead atoms. The van der Waals surface area contributed by atoms with Gasteiger partial charge in [0.05, 0.1) is 0 Å². The molecule has 0 amide bonds. The highest BCUT2D eigenvalue weighted by atomic mass is 79.9. The third kappa shape index (κ3) is 2.45. The van der Waals surface area contributed by atoms with Crippen LogP contribution in [0.5, 0.6) is 0 Å². The molecular formula is C16H17BrN2. The summed E-state index contributed by atoms with van der Waals surface area (Å²) in [7, 11) is 2.04. The smallest absolute Gasteiger partial charge is 0.0485 e. The van der Waals surface area contributed by atoms with Crippen LogP contribution in [0.25, 0.3) is 0 Å². The maximum absolute atomic E-state index is 4.60. The maximum Gasteiger partial charge on any atom is 0.0485 e. The van der Waals surface area contributed by atoms with Crippen molar-refractivity contribution >= 4 is 15.9 Å². The third-order valence-corrected chi connectivity index (χ3v) is 4.47. The van der Waals surface area contributed by atoms with Crippen molar-refractivity contribution in [3.05, 3.63) is 63.9 Å². The Bertz CT molecular complexity index is 565. The van der Waals surface area contributed by atoms with E-state index in [1.54, 1.807) is 0 Å². The van der Waals surface area contributed by atoms with E-state index in [1.165, 1.54) is 23.2 Å². The predicted molar refractivity (Wildman–Crippen MR) is 81.2 cm³/mol. The van der Waals surface area contributed by atoms with Gasteiger partial charge in [-0.05, 0) is 49.2 Å². The number of aryl methyl sites for hydroxylation is 1. The Morgan fingerprint density at radius 2 is 2.05 bits per heavy atom. The van der Waals surface area contributed by atoms with E-state index in [-0.39, 0.29) is 0 Å². The summed E-state index contributed by atoms with van der Waals surface area (Å²) in [6.07, 6.45) is 4.22. The summed E-state index contributed by atoms with van der Waals surface area (Å²) >= 11 is 3.49. The molecule has 0 saturated carbocycles. The first-order valence-corrected chi connectivity index (χ1v) is 7.45. The Balaban J connectivity index is 1.94. The van der Waals surface area contributed by atoms with Crippen LogP contribution in [0.3, 0.4) is 0 Å². The van der Waals surface area contributed by atoms with Crippen molar-refractivity contribution in [2.45, 2.75) is 24.8 Å². The van der Waals surface area contributed by atoms with E-state index in [4.69, 9.17) is 0 Å². The first-order chi connectivity index (χ1) is 9.29. The van der Waals surface area contributed by atoms with Gasteiger partial charge in [0.25, 0.3) is 0 Å². The Hall–Kier alpha value is -1.19. The van der Waals surface area contributed by atoms with Crippen LogP contribution in [0.1, 0.15) is 35.2 Å². The van der Waals surface area contributed by atoms with E-state index >= 15 is 0 Å². The standard InChI is InChI=1S/C16H17BrN2/c1-18-15(12-4-7-13(17)8-5-12)14-9-6-11-3-2-10-19-16(11)14/h2-5,7-8,10,14-15,18H,6,9H2,1H3. The maximum atomic E-state index is 4.60. The summed E-state index contributed by atoms with van der Waals surface area (Å²) in [4.78, 5) is 4.60. The zero-order valence-electron chi connectivity index (χ0n) is 10.9. The lowest BCUT2D eigenvalue weighted by molar-refractivity contribution is 0.470. The molecule has 0 saturated heterocycles. The molecule has 2 unspecified atom stereocenters. The largest absolute Gasteiger partial charge is 0.312 e. The molecule has 3 rings (SSSR count). The van der Waals surface area contributed by atoms with Gasteiger partial charge < -0.3 is 5.32 Å². The monoisotopic (exact) mass is 316 g/mol. The number of pyridine rings is 1. The molecule has 2 atom stereocenters. The molecule has 3 heteroatoms. The number of nitrogens with zero attached hydrogens (tertiary/aromatic N) is 1. The number of halogens is 1. The van der Waals surface area contributed by atoms with Crippen molar-refractivity contribution in [1.29, 1.82) is 0 Å². The van der Waals surface area contributed by atoms with Crippen molar-refractivity contribution in [1.82, 2.24) is 10.3 Å². The van der Waals surface area contributed by atoms with Crippen LogP contribution in [0.15, 0.2) is 47.1 Å². The highest BCUT2D eigenvalue weighted by Gasteiger charge is 2.30. The van der Waals surface area contributed by atoms with Crippen LogP contribution >= 0.6 is 15.9 Å². The zero-order valence-corrected chi connectivity index (χ0v) is 12.5. The van der Waals surface area contributed by atoms with Crippen molar-refractivity contribution < 1.29 is 0 Å². The van der Waals surface area contributed by atoms with Gasteiger partial charge in [-0.3, -0.25) is 4.98 Å². The van der Waals surface area contributed by atoms with Crippen molar-refractivity contribution in [2.75, 3.05) is 7.05 Å². The Morgan fingerprint density at radius 3 is 2.79 bits per heavy atom. The second-order valence-electron chi connectivity index (χ2n) is 5.01. The van der Waals surface area contributed by atoms with E-state index in [2.05, 4.69) is 56.6 Å². The molecule has 1 heterocycles. The van der Waals surface area contributed by atoms with Crippen molar-refractivity contribution in [3.8, 4) is 0 Å². The lowest BCUT2D eigenvalue weighted by atomic mass is 9.91. The van der Waals surface area contributed by atoms with Gasteiger partial charge in [-0.2, -0.15) is 0 Å². The van der Waals surface area contributed by atoms with Gasteiger partial charge in [-0.25, -0.2) is 0 Å². The number of hydrogen-bond donors (Lipinski definition) is 1. The molecule has 2 aromatic rings. The minimum absolute atomic E-state index is 0.337. The summed E-state index contributed by atoms with van der Waals surface area (Å²) < 4.78 is 1.12. The molecule has 1 aliphatic rings. The third-order valence-electron chi connectivity index (χ3n) is 3.94. The quantitative estimate of drug-likeness (QED) is 0.930. The molecule has 0 radical (unpaired) electrons. The predicted octanol–water partition coefficient (Wildman–Crippen LogP) is 3.83. The van der Waals surface area contributed by atoms with Crippen LogP contribution in [0.2, 0.25) is 0 Å². The summed E-state index contributed by atoms with van der Waals surface area (Å²) in [6.45, 7) is 0. The molecular weight excluding hydrogens is 300 g/mol. The molecule has 0 spiro atoms. The molecule has 1 aromatic heterocycles. The first kappa shape index (κ1) is 12.8. The first-order valence-electron chi connectivity index (χ1n) is 6.66. The Morgan fingerprint density at radius 1 is 1.26 bits per heavy atom. The second-order valence-corrected chi connectivity index (χ2v) is 5.93. The lowest BCUT2D eigenvalue weighted by Crippen LogP contribution is -2.23. The summed E-state index contributed by atoms with van der Waals surface area (Å²) in [5.74, 6) is 0.474. The van der Waals surface area contributed by atoms with E-state index in [1.807, 2.05) is 19.3 Å². The van der Waals surface area contributed by atoms with Gasteiger partial charge in [0, 0.05) is 28.3 Å². The molecule has 19 heavy (non-hydrogen) atoms. The minimum atomic E-state index is 0.337. The number of rotatable bonds is 3. The molecule has 98 valence electrons. The highest BCUT2D eigenvalue weighted by Crippen LogP contribution is 2.40. The number of aromatic nitrogens is 1. The Kier molecular flexibility index (Phi) is 3.67. The molecule has 0 aliphatic heterocycles. The summed E-state index contributed by atoms with van der Waals surface area (Å²) in [5, 5.41) is 3.47. The van der Waals surface area contributed by atoms with E-state index in [0.29, 0.717) is 12.0 Å². The fourth-order valence-corrected chi connectivity index (χ4v) is 3.30. The lowest BCUT2D eigenvalue weighted by Gasteiger charge is -2.24. The van der Waals surface area contributed by atoms with Crippen molar-refractivity contribution in [3.63, 3.8) is 0 Å². The summed E-state index contributed by atoms with van der Waals surface area (Å²) in [5.41, 5.74) is 4.00. The molecule has 1 aliphatic carbocycles. The SMILES string of the molecule is CNC(c1ccc(Br)cc1)C1CCc2cccnc21. The van der Waals surface area contributed by atoms with Crippen LogP contribution in [0, 0.1) is 0 Å². The number of nitrogens with one attached hydrogen (secondary N) is 1. The number of fused-ring (bicyclic) bond motifs is 1. The van der Waals surface area contributed by atoms with Gasteiger partial charge in [0.2, 0.25) is 0 Å². The molecule has 1 N–H and O–H groups in total. The van der Waals surface area contributed by atoms with Crippen LogP contribution in [0.4, 0.5) is 0 Å². The number of benzene rings is 1. The van der Waals surface area contributed by atoms with E-state index < -0.39 is 0 Å². The second kappa shape index (κ2) is 5.43.